The lowest BCUT2D eigenvalue weighted by atomic mass is 9.66. The molecule has 0 aromatic rings. The van der Waals surface area contributed by atoms with E-state index >= 15 is 0 Å². The second-order valence-electron chi connectivity index (χ2n) is 5.00. The molecule has 1 saturated heterocycles. The standard InChI is InChI=1S/C11H22N2OS/c12-10-11(2-1-3-11)4-5-13-6-8-15(14)9-7-13/h1-10,12H2. The van der Waals surface area contributed by atoms with Gasteiger partial charge in [-0.05, 0) is 37.8 Å². The maximum absolute atomic E-state index is 11.2. The van der Waals surface area contributed by atoms with Crippen molar-refractivity contribution in [1.29, 1.82) is 0 Å². The molecule has 2 fully saturated rings. The fourth-order valence-corrected chi connectivity index (χ4v) is 3.66. The van der Waals surface area contributed by atoms with E-state index in [9.17, 15) is 4.21 Å². The van der Waals surface area contributed by atoms with Crippen LogP contribution in [0.5, 0.6) is 0 Å². The Labute approximate surface area is 94.9 Å². The Bertz CT molecular complexity index is 225. The van der Waals surface area contributed by atoms with Gasteiger partial charge in [0.2, 0.25) is 0 Å². The van der Waals surface area contributed by atoms with Gasteiger partial charge < -0.3 is 10.6 Å². The first-order chi connectivity index (χ1) is 7.24. The highest BCUT2D eigenvalue weighted by Crippen LogP contribution is 2.42. The van der Waals surface area contributed by atoms with Crippen LogP contribution in [0.25, 0.3) is 0 Å². The predicted molar refractivity (Wildman–Crippen MR) is 64.3 cm³/mol. The summed E-state index contributed by atoms with van der Waals surface area (Å²) in [4.78, 5) is 2.46. The van der Waals surface area contributed by atoms with Crippen LogP contribution < -0.4 is 5.73 Å². The Kier molecular flexibility index (Phi) is 3.80. The van der Waals surface area contributed by atoms with Crippen molar-refractivity contribution in [3.05, 3.63) is 0 Å². The molecule has 0 radical (unpaired) electrons. The van der Waals surface area contributed by atoms with Gasteiger partial charge in [0.05, 0.1) is 0 Å². The molecule has 0 aromatic heterocycles. The van der Waals surface area contributed by atoms with Crippen molar-refractivity contribution in [3.8, 4) is 0 Å². The van der Waals surface area contributed by atoms with Gasteiger partial charge in [-0.25, -0.2) is 0 Å². The summed E-state index contributed by atoms with van der Waals surface area (Å²) < 4.78 is 11.2. The summed E-state index contributed by atoms with van der Waals surface area (Å²) in [7, 11) is -0.542. The third kappa shape index (κ3) is 2.80. The molecular formula is C11H22N2OS. The van der Waals surface area contributed by atoms with E-state index in [1.54, 1.807) is 0 Å². The Morgan fingerprint density at radius 3 is 2.40 bits per heavy atom. The molecule has 0 unspecified atom stereocenters. The van der Waals surface area contributed by atoms with E-state index in [2.05, 4.69) is 4.90 Å². The minimum Gasteiger partial charge on any atom is -0.330 e. The third-order valence-electron chi connectivity index (χ3n) is 4.08. The van der Waals surface area contributed by atoms with Crippen LogP contribution in [0.2, 0.25) is 0 Å². The molecule has 0 spiro atoms. The molecule has 88 valence electrons. The van der Waals surface area contributed by atoms with Gasteiger partial charge in [-0.2, -0.15) is 0 Å². The quantitative estimate of drug-likeness (QED) is 0.768. The maximum Gasteiger partial charge on any atom is 0.0363 e. The topological polar surface area (TPSA) is 46.3 Å². The lowest BCUT2D eigenvalue weighted by molar-refractivity contribution is 0.108. The SMILES string of the molecule is NCC1(CCN2CCS(=O)CC2)CCC1. The molecule has 0 amide bonds. The van der Waals surface area contributed by atoms with Crippen molar-refractivity contribution in [2.24, 2.45) is 11.1 Å². The van der Waals surface area contributed by atoms with Crippen molar-refractivity contribution in [3.63, 3.8) is 0 Å². The van der Waals surface area contributed by atoms with Gasteiger partial charge >= 0.3 is 0 Å². The van der Waals surface area contributed by atoms with Crippen LogP contribution in [0.15, 0.2) is 0 Å². The molecule has 2 N–H and O–H groups in total. The zero-order chi connectivity index (χ0) is 10.7. The molecule has 0 bridgehead atoms. The fraction of sp³-hybridized carbons (Fsp3) is 1.00. The van der Waals surface area contributed by atoms with E-state index in [1.807, 2.05) is 0 Å². The van der Waals surface area contributed by atoms with E-state index in [0.29, 0.717) is 5.41 Å². The van der Waals surface area contributed by atoms with E-state index in [1.165, 1.54) is 25.7 Å². The number of hydrogen-bond donors (Lipinski definition) is 1. The average Bonchev–Trinajstić information content (AvgIpc) is 2.20. The van der Waals surface area contributed by atoms with Crippen molar-refractivity contribution < 1.29 is 4.21 Å². The summed E-state index contributed by atoms with van der Waals surface area (Å²) in [5, 5.41) is 0. The van der Waals surface area contributed by atoms with Crippen molar-refractivity contribution in [1.82, 2.24) is 4.90 Å². The molecule has 2 rings (SSSR count). The number of nitrogens with two attached hydrogens (primary N) is 1. The summed E-state index contributed by atoms with van der Waals surface area (Å²) in [6.07, 6.45) is 5.25. The zero-order valence-electron chi connectivity index (χ0n) is 9.41. The largest absolute Gasteiger partial charge is 0.330 e. The second kappa shape index (κ2) is 4.93. The average molecular weight is 230 g/mol. The summed E-state index contributed by atoms with van der Waals surface area (Å²) >= 11 is 0. The van der Waals surface area contributed by atoms with Crippen molar-refractivity contribution in [2.45, 2.75) is 25.7 Å². The highest BCUT2D eigenvalue weighted by atomic mass is 32.2. The molecular weight excluding hydrogens is 208 g/mol. The Morgan fingerprint density at radius 2 is 1.93 bits per heavy atom. The van der Waals surface area contributed by atoms with Gasteiger partial charge in [0.25, 0.3) is 0 Å². The summed E-state index contributed by atoms with van der Waals surface area (Å²) in [5.41, 5.74) is 6.31. The van der Waals surface area contributed by atoms with E-state index in [-0.39, 0.29) is 0 Å². The summed E-state index contributed by atoms with van der Waals surface area (Å²) in [6.45, 7) is 4.06. The third-order valence-corrected chi connectivity index (χ3v) is 5.35. The molecule has 1 aliphatic heterocycles. The predicted octanol–water partition coefficient (Wildman–Crippen LogP) is 0.570. The Balaban J connectivity index is 1.71. The van der Waals surface area contributed by atoms with E-state index in [4.69, 9.17) is 5.73 Å². The van der Waals surface area contributed by atoms with Gasteiger partial charge in [0, 0.05) is 35.4 Å². The lowest BCUT2D eigenvalue weighted by Crippen LogP contribution is -2.43. The normalized spacial score (nSPS) is 27.5. The Morgan fingerprint density at radius 1 is 1.27 bits per heavy atom. The van der Waals surface area contributed by atoms with Gasteiger partial charge in [0.1, 0.15) is 0 Å². The highest BCUT2D eigenvalue weighted by molar-refractivity contribution is 7.85. The maximum atomic E-state index is 11.2. The van der Waals surface area contributed by atoms with Crippen molar-refractivity contribution >= 4 is 10.8 Å². The summed E-state index contributed by atoms with van der Waals surface area (Å²) in [5.74, 6) is 1.74. The number of hydrogen-bond acceptors (Lipinski definition) is 3. The molecule has 2 aliphatic rings. The van der Waals surface area contributed by atoms with Gasteiger partial charge in [-0.1, -0.05) is 6.42 Å². The van der Waals surface area contributed by atoms with Crippen molar-refractivity contribution in [2.75, 3.05) is 37.7 Å². The molecule has 4 heteroatoms. The molecule has 3 nitrogen and oxygen atoms in total. The number of rotatable bonds is 4. The fourth-order valence-electron chi connectivity index (χ4n) is 2.53. The van der Waals surface area contributed by atoms with Gasteiger partial charge in [0.15, 0.2) is 0 Å². The van der Waals surface area contributed by atoms with Crippen LogP contribution in [-0.2, 0) is 10.8 Å². The van der Waals surface area contributed by atoms with Crippen LogP contribution in [-0.4, -0.2) is 46.8 Å². The first kappa shape index (κ1) is 11.6. The van der Waals surface area contributed by atoms with Gasteiger partial charge in [-0.3, -0.25) is 4.21 Å². The van der Waals surface area contributed by atoms with Gasteiger partial charge in [-0.15, -0.1) is 0 Å². The zero-order valence-corrected chi connectivity index (χ0v) is 10.2. The van der Waals surface area contributed by atoms with Crippen LogP contribution in [0.3, 0.4) is 0 Å². The van der Waals surface area contributed by atoms with E-state index in [0.717, 1.165) is 37.7 Å². The second-order valence-corrected chi connectivity index (χ2v) is 6.69. The molecule has 1 aliphatic carbocycles. The summed E-state index contributed by atoms with van der Waals surface area (Å²) in [6, 6.07) is 0. The molecule has 0 aromatic carbocycles. The highest BCUT2D eigenvalue weighted by Gasteiger charge is 2.35. The molecule has 15 heavy (non-hydrogen) atoms. The first-order valence-corrected chi connectivity index (χ1v) is 7.50. The van der Waals surface area contributed by atoms with Crippen LogP contribution in [0.1, 0.15) is 25.7 Å². The molecule has 1 saturated carbocycles. The van der Waals surface area contributed by atoms with E-state index < -0.39 is 10.8 Å². The number of nitrogens with zero attached hydrogens (tertiary/aromatic N) is 1. The molecule has 1 heterocycles. The van der Waals surface area contributed by atoms with Crippen LogP contribution in [0, 0.1) is 5.41 Å². The first-order valence-electron chi connectivity index (χ1n) is 6.02. The molecule has 0 atom stereocenters. The minimum absolute atomic E-state index is 0.469. The van der Waals surface area contributed by atoms with Crippen LogP contribution >= 0.6 is 0 Å². The monoisotopic (exact) mass is 230 g/mol. The Hall–Kier alpha value is 0.0700. The lowest BCUT2D eigenvalue weighted by Gasteiger charge is -2.42. The van der Waals surface area contributed by atoms with Crippen LogP contribution in [0.4, 0.5) is 0 Å². The smallest absolute Gasteiger partial charge is 0.0363 e. The minimum atomic E-state index is -0.542.